The van der Waals surface area contributed by atoms with E-state index in [-0.39, 0.29) is 23.7 Å². The fraction of sp³-hybridized carbons (Fsp3) is 0.238. The van der Waals surface area contributed by atoms with Crippen molar-refractivity contribution in [2.75, 3.05) is 12.3 Å². The summed E-state index contributed by atoms with van der Waals surface area (Å²) in [7, 11) is 0. The number of hydrogen-bond donors (Lipinski definition) is 1. The Morgan fingerprint density at radius 2 is 2.07 bits per heavy atom. The third kappa shape index (κ3) is 3.55. The van der Waals surface area contributed by atoms with E-state index in [4.69, 9.17) is 5.73 Å². The minimum atomic E-state index is -0.341. The van der Waals surface area contributed by atoms with Crippen molar-refractivity contribution >= 4 is 11.9 Å². The molecule has 6 nitrogen and oxygen atoms in total. The van der Waals surface area contributed by atoms with Crippen molar-refractivity contribution in [2.24, 2.45) is 0 Å². The van der Waals surface area contributed by atoms with Gasteiger partial charge < -0.3 is 10.6 Å². The summed E-state index contributed by atoms with van der Waals surface area (Å²) >= 11 is 0. The second-order valence-corrected chi connectivity index (χ2v) is 6.79. The summed E-state index contributed by atoms with van der Waals surface area (Å²) in [6.07, 6.45) is 7.44. The zero-order valence-electron chi connectivity index (χ0n) is 15.3. The monoisotopic (exact) mass is 377 g/mol. The minimum absolute atomic E-state index is 0.0971. The van der Waals surface area contributed by atoms with Gasteiger partial charge in [0, 0.05) is 30.7 Å². The number of amides is 1. The first-order chi connectivity index (χ1) is 13.6. The van der Waals surface area contributed by atoms with Gasteiger partial charge in [0.05, 0.1) is 17.3 Å². The number of nitrogen functional groups attached to an aromatic ring is 1. The highest BCUT2D eigenvalue weighted by molar-refractivity contribution is 5.94. The lowest BCUT2D eigenvalue weighted by molar-refractivity contribution is 0.0606. The number of aromatic nitrogens is 3. The average molecular weight is 377 g/mol. The molecule has 142 valence electrons. The van der Waals surface area contributed by atoms with Gasteiger partial charge in [-0.3, -0.25) is 9.78 Å². The largest absolute Gasteiger partial charge is 0.368 e. The molecule has 28 heavy (non-hydrogen) atoms. The first-order valence-corrected chi connectivity index (χ1v) is 9.23. The molecule has 3 aromatic rings. The molecule has 1 aliphatic rings. The summed E-state index contributed by atoms with van der Waals surface area (Å²) in [4.78, 5) is 27.5. The number of carbonyl (C=O) groups is 1. The molecule has 4 rings (SSSR count). The molecule has 0 aliphatic carbocycles. The fourth-order valence-corrected chi connectivity index (χ4v) is 3.66. The summed E-state index contributed by atoms with van der Waals surface area (Å²) < 4.78 is 13.8. The van der Waals surface area contributed by atoms with Crippen molar-refractivity contribution < 1.29 is 9.18 Å². The molecule has 1 fully saturated rings. The predicted molar refractivity (Wildman–Crippen MR) is 104 cm³/mol. The summed E-state index contributed by atoms with van der Waals surface area (Å²) in [5.41, 5.74) is 8.39. The van der Waals surface area contributed by atoms with Crippen molar-refractivity contribution in [3.05, 3.63) is 72.1 Å². The molecule has 7 heteroatoms. The number of rotatable bonds is 3. The Morgan fingerprint density at radius 1 is 1.18 bits per heavy atom. The molecule has 0 radical (unpaired) electrons. The number of benzene rings is 1. The molecule has 1 atom stereocenters. The standard InChI is InChI=1S/C21H20FN5O/c22-16-7-3-5-14(11-16)17-13-25-21(23)26-19(17)18-8-1-2-10-27(18)20(28)15-6-4-9-24-12-15/h3-7,9,11-13,18H,1-2,8,10H2,(H2,23,25,26). The van der Waals surface area contributed by atoms with E-state index in [1.807, 2.05) is 4.90 Å². The van der Waals surface area contributed by atoms with E-state index in [1.54, 1.807) is 42.9 Å². The molecule has 1 aliphatic heterocycles. The van der Waals surface area contributed by atoms with Crippen LogP contribution in [0, 0.1) is 5.82 Å². The normalized spacial score (nSPS) is 16.8. The topological polar surface area (TPSA) is 85.0 Å². The molecule has 1 saturated heterocycles. The fourth-order valence-electron chi connectivity index (χ4n) is 3.66. The third-order valence-corrected chi connectivity index (χ3v) is 4.96. The minimum Gasteiger partial charge on any atom is -0.368 e. The summed E-state index contributed by atoms with van der Waals surface area (Å²) in [5, 5.41) is 0. The Hall–Kier alpha value is -3.35. The summed E-state index contributed by atoms with van der Waals surface area (Å²) in [6, 6.07) is 9.51. The highest BCUT2D eigenvalue weighted by Crippen LogP contribution is 2.36. The van der Waals surface area contributed by atoms with Crippen molar-refractivity contribution in [2.45, 2.75) is 25.3 Å². The van der Waals surface area contributed by atoms with E-state index in [0.717, 1.165) is 19.3 Å². The van der Waals surface area contributed by atoms with Crippen molar-refractivity contribution in [1.29, 1.82) is 0 Å². The molecular formula is C21H20FN5O. The van der Waals surface area contributed by atoms with Crippen LogP contribution in [0.25, 0.3) is 11.1 Å². The zero-order chi connectivity index (χ0) is 19.5. The van der Waals surface area contributed by atoms with Crippen LogP contribution in [0.1, 0.15) is 41.4 Å². The van der Waals surface area contributed by atoms with Gasteiger partial charge in [-0.05, 0) is 49.1 Å². The van der Waals surface area contributed by atoms with Crippen LogP contribution in [-0.4, -0.2) is 32.3 Å². The Bertz CT molecular complexity index is 995. The van der Waals surface area contributed by atoms with E-state index < -0.39 is 0 Å². The molecule has 1 aromatic carbocycles. The number of nitrogens with two attached hydrogens (primary N) is 1. The number of hydrogen-bond acceptors (Lipinski definition) is 5. The van der Waals surface area contributed by atoms with Gasteiger partial charge >= 0.3 is 0 Å². The van der Waals surface area contributed by atoms with Crippen LogP contribution in [0.2, 0.25) is 0 Å². The van der Waals surface area contributed by atoms with Crippen molar-refractivity contribution in [3.63, 3.8) is 0 Å². The van der Waals surface area contributed by atoms with Gasteiger partial charge in [-0.15, -0.1) is 0 Å². The summed E-state index contributed by atoms with van der Waals surface area (Å²) in [6.45, 7) is 0.616. The highest BCUT2D eigenvalue weighted by Gasteiger charge is 2.32. The number of piperidine rings is 1. The van der Waals surface area contributed by atoms with Crippen LogP contribution in [0.3, 0.4) is 0 Å². The Balaban J connectivity index is 1.78. The lowest BCUT2D eigenvalue weighted by Crippen LogP contribution is -2.39. The van der Waals surface area contributed by atoms with Crippen LogP contribution >= 0.6 is 0 Å². The molecule has 3 heterocycles. The van der Waals surface area contributed by atoms with E-state index in [9.17, 15) is 9.18 Å². The Kier molecular flexibility index (Phi) is 4.97. The smallest absolute Gasteiger partial charge is 0.255 e. The van der Waals surface area contributed by atoms with Crippen LogP contribution in [0.15, 0.2) is 55.0 Å². The molecule has 2 N–H and O–H groups in total. The molecule has 0 spiro atoms. The Labute approximate surface area is 162 Å². The van der Waals surface area contributed by atoms with Gasteiger partial charge in [0.2, 0.25) is 5.95 Å². The van der Waals surface area contributed by atoms with Crippen molar-refractivity contribution in [3.8, 4) is 11.1 Å². The number of likely N-dealkylation sites (tertiary alicyclic amines) is 1. The maximum Gasteiger partial charge on any atom is 0.255 e. The van der Waals surface area contributed by atoms with Gasteiger partial charge in [-0.25, -0.2) is 14.4 Å². The van der Waals surface area contributed by atoms with Crippen LogP contribution < -0.4 is 5.73 Å². The van der Waals surface area contributed by atoms with E-state index in [2.05, 4.69) is 15.0 Å². The molecular weight excluding hydrogens is 357 g/mol. The van der Waals surface area contributed by atoms with Gasteiger partial charge in [-0.2, -0.15) is 0 Å². The second kappa shape index (κ2) is 7.72. The highest BCUT2D eigenvalue weighted by atomic mass is 19.1. The maximum absolute atomic E-state index is 13.8. The SMILES string of the molecule is Nc1ncc(-c2cccc(F)c2)c(C2CCCCN2C(=O)c2cccnc2)n1. The van der Waals surface area contributed by atoms with Gasteiger partial charge in [0.25, 0.3) is 5.91 Å². The summed E-state index contributed by atoms with van der Waals surface area (Å²) in [5.74, 6) is -0.304. The zero-order valence-corrected chi connectivity index (χ0v) is 15.3. The molecule has 0 bridgehead atoms. The van der Waals surface area contributed by atoms with Gasteiger partial charge in [0.15, 0.2) is 0 Å². The first kappa shape index (κ1) is 18.0. The van der Waals surface area contributed by atoms with E-state index in [1.165, 1.54) is 12.1 Å². The number of carbonyl (C=O) groups excluding carboxylic acids is 1. The molecule has 1 amide bonds. The average Bonchev–Trinajstić information content (AvgIpc) is 2.74. The second-order valence-electron chi connectivity index (χ2n) is 6.79. The lowest BCUT2D eigenvalue weighted by Gasteiger charge is -2.36. The van der Waals surface area contributed by atoms with Crippen LogP contribution in [-0.2, 0) is 0 Å². The van der Waals surface area contributed by atoms with Gasteiger partial charge in [0.1, 0.15) is 5.82 Å². The first-order valence-electron chi connectivity index (χ1n) is 9.23. The predicted octanol–water partition coefficient (Wildman–Crippen LogP) is 3.63. The number of halogens is 1. The quantitative estimate of drug-likeness (QED) is 0.753. The van der Waals surface area contributed by atoms with E-state index >= 15 is 0 Å². The molecule has 2 aromatic heterocycles. The van der Waals surface area contributed by atoms with Crippen LogP contribution in [0.5, 0.6) is 0 Å². The van der Waals surface area contributed by atoms with Crippen molar-refractivity contribution in [1.82, 2.24) is 19.9 Å². The number of pyridine rings is 1. The van der Waals surface area contributed by atoms with Gasteiger partial charge in [-0.1, -0.05) is 12.1 Å². The molecule has 0 saturated carbocycles. The number of nitrogens with zero attached hydrogens (tertiary/aromatic N) is 4. The maximum atomic E-state index is 13.8. The van der Waals surface area contributed by atoms with E-state index in [0.29, 0.717) is 28.9 Å². The molecule has 1 unspecified atom stereocenters. The lowest BCUT2D eigenvalue weighted by atomic mass is 9.93. The Morgan fingerprint density at radius 3 is 2.86 bits per heavy atom. The number of anilines is 1. The van der Waals surface area contributed by atoms with Crippen LogP contribution in [0.4, 0.5) is 10.3 Å². The third-order valence-electron chi connectivity index (χ3n) is 4.96.